The minimum atomic E-state index is -2.77. The Morgan fingerprint density at radius 3 is 2.60 bits per heavy atom. The summed E-state index contributed by atoms with van der Waals surface area (Å²) in [5.74, 6) is -3.63. The summed E-state index contributed by atoms with van der Waals surface area (Å²) in [6.45, 7) is 2.00. The van der Waals surface area contributed by atoms with Gasteiger partial charge >= 0.3 is 5.97 Å². The quantitative estimate of drug-likeness (QED) is 0.865. The van der Waals surface area contributed by atoms with Gasteiger partial charge in [0.15, 0.2) is 6.10 Å². The Balaban J connectivity index is 1.94. The average Bonchev–Trinajstić information content (AvgIpc) is 2.77. The second-order valence-corrected chi connectivity index (χ2v) is 5.16. The maximum Gasteiger partial charge on any atom is 0.339 e. The van der Waals surface area contributed by atoms with Crippen molar-refractivity contribution in [2.24, 2.45) is 0 Å². The summed E-state index contributed by atoms with van der Waals surface area (Å²) in [6, 6.07) is 6.92. The first-order valence-corrected chi connectivity index (χ1v) is 6.76. The van der Waals surface area contributed by atoms with Gasteiger partial charge in [-0.25, -0.2) is 13.6 Å². The molecule has 0 bridgehead atoms. The number of hydrogen-bond donors (Lipinski definition) is 1. The lowest BCUT2D eigenvalue weighted by Gasteiger charge is -2.16. The van der Waals surface area contributed by atoms with Crippen LogP contribution in [0, 0.1) is 0 Å². The van der Waals surface area contributed by atoms with Crippen LogP contribution in [0.15, 0.2) is 24.3 Å². The van der Waals surface area contributed by atoms with Crippen molar-refractivity contribution in [2.45, 2.75) is 50.7 Å². The van der Waals surface area contributed by atoms with Crippen LogP contribution in [0.2, 0.25) is 0 Å². The number of rotatable bonds is 4. The highest BCUT2D eigenvalue weighted by molar-refractivity contribution is 5.76. The van der Waals surface area contributed by atoms with Crippen molar-refractivity contribution in [1.29, 1.82) is 0 Å². The molecule has 0 spiro atoms. The lowest BCUT2D eigenvalue weighted by Crippen LogP contribution is -2.22. The molecule has 1 aliphatic carbocycles. The molecule has 5 heteroatoms. The number of carbonyl (C=O) groups is 1. The number of carbonyl (C=O) groups excluding carboxylic acids is 1. The molecule has 0 radical (unpaired) electrons. The van der Waals surface area contributed by atoms with E-state index in [4.69, 9.17) is 4.74 Å². The molecule has 1 N–H and O–H groups in total. The van der Waals surface area contributed by atoms with Crippen LogP contribution >= 0.6 is 0 Å². The Kier molecular flexibility index (Phi) is 4.38. The first-order valence-electron chi connectivity index (χ1n) is 6.76. The number of esters is 1. The molecule has 20 heavy (non-hydrogen) atoms. The molecule has 1 aromatic rings. The third-order valence-corrected chi connectivity index (χ3v) is 3.57. The zero-order chi connectivity index (χ0) is 14.8. The summed E-state index contributed by atoms with van der Waals surface area (Å²) in [6.07, 6.45) is -1.96. The topological polar surface area (TPSA) is 46.5 Å². The predicted octanol–water partition coefficient (Wildman–Crippen LogP) is 3.01. The molecule has 1 fully saturated rings. The van der Waals surface area contributed by atoms with Crippen LogP contribution in [0.4, 0.5) is 8.78 Å². The molecule has 0 amide bonds. The van der Waals surface area contributed by atoms with Crippen molar-refractivity contribution >= 4 is 5.97 Å². The van der Waals surface area contributed by atoms with Gasteiger partial charge < -0.3 is 9.84 Å². The van der Waals surface area contributed by atoms with E-state index in [0.717, 1.165) is 12.0 Å². The lowest BCUT2D eigenvalue weighted by atomic mass is 10.1. The van der Waals surface area contributed by atoms with Gasteiger partial charge in [-0.1, -0.05) is 31.2 Å². The summed E-state index contributed by atoms with van der Waals surface area (Å²) in [7, 11) is 0. The largest absolute Gasteiger partial charge is 0.460 e. The monoisotopic (exact) mass is 284 g/mol. The van der Waals surface area contributed by atoms with E-state index in [2.05, 4.69) is 0 Å². The van der Waals surface area contributed by atoms with E-state index in [1.165, 1.54) is 0 Å². The predicted molar refractivity (Wildman–Crippen MR) is 69.5 cm³/mol. The van der Waals surface area contributed by atoms with Crippen molar-refractivity contribution in [2.75, 3.05) is 0 Å². The Labute approximate surface area is 116 Å². The maximum atomic E-state index is 13.0. The summed E-state index contributed by atoms with van der Waals surface area (Å²) in [5.41, 5.74) is 1.50. The fourth-order valence-corrected chi connectivity index (χ4v) is 2.31. The second kappa shape index (κ2) is 5.87. The molecule has 2 atom stereocenters. The number of halogens is 2. The minimum absolute atomic E-state index is 0.139. The van der Waals surface area contributed by atoms with E-state index in [1.807, 2.05) is 19.1 Å². The first kappa shape index (κ1) is 14.9. The van der Waals surface area contributed by atoms with Crippen molar-refractivity contribution in [3.63, 3.8) is 0 Å². The number of aliphatic hydroxyl groups excluding tert-OH is 1. The number of aliphatic hydroxyl groups is 1. The summed E-state index contributed by atoms with van der Waals surface area (Å²) >= 11 is 0. The molecule has 0 heterocycles. The van der Waals surface area contributed by atoms with Crippen molar-refractivity contribution in [3.8, 4) is 0 Å². The van der Waals surface area contributed by atoms with E-state index in [1.54, 1.807) is 12.1 Å². The highest BCUT2D eigenvalue weighted by atomic mass is 19.3. The van der Waals surface area contributed by atoms with Crippen LogP contribution in [0.5, 0.6) is 0 Å². The molecule has 0 aromatic heterocycles. The second-order valence-electron chi connectivity index (χ2n) is 5.16. The summed E-state index contributed by atoms with van der Waals surface area (Å²) < 4.78 is 30.9. The van der Waals surface area contributed by atoms with Crippen LogP contribution in [0.3, 0.4) is 0 Å². The third-order valence-electron chi connectivity index (χ3n) is 3.57. The first-order chi connectivity index (χ1) is 9.41. The van der Waals surface area contributed by atoms with Crippen LogP contribution in [-0.2, 0) is 16.0 Å². The molecule has 0 saturated heterocycles. The summed E-state index contributed by atoms with van der Waals surface area (Å²) in [4.78, 5) is 11.7. The third kappa shape index (κ3) is 3.54. The molecule has 0 aliphatic heterocycles. The van der Waals surface area contributed by atoms with Gasteiger partial charge in [-0.2, -0.15) is 0 Å². The molecular formula is C15H18F2O3. The Bertz CT molecular complexity index is 471. The van der Waals surface area contributed by atoms with Crippen LogP contribution in [-0.4, -0.2) is 23.1 Å². The van der Waals surface area contributed by atoms with Crippen LogP contribution in [0.1, 0.15) is 43.4 Å². The van der Waals surface area contributed by atoms with Gasteiger partial charge in [0.2, 0.25) is 0 Å². The number of alkyl halides is 2. The molecule has 0 unspecified atom stereocenters. The summed E-state index contributed by atoms with van der Waals surface area (Å²) in [5, 5.41) is 9.88. The molecule has 1 aromatic carbocycles. The number of hydrogen-bond acceptors (Lipinski definition) is 3. The van der Waals surface area contributed by atoms with Gasteiger partial charge in [0.1, 0.15) is 6.10 Å². The smallest absolute Gasteiger partial charge is 0.339 e. The highest BCUT2D eigenvalue weighted by Gasteiger charge is 2.41. The standard InChI is InChI=1S/C15H18F2O3/c1-2-10-3-5-11(6-4-10)13(18)14(19)20-12-7-8-15(16,17)9-12/h3-6,12-13,18H,2,7-9H2,1H3/t12-,13-/m1/s1. The minimum Gasteiger partial charge on any atom is -0.460 e. The molecular weight excluding hydrogens is 266 g/mol. The number of aryl methyl sites for hydroxylation is 1. The van der Waals surface area contributed by atoms with Crippen molar-refractivity contribution in [1.82, 2.24) is 0 Å². The van der Waals surface area contributed by atoms with Crippen LogP contribution in [0.25, 0.3) is 0 Å². The van der Waals surface area contributed by atoms with E-state index < -0.39 is 30.5 Å². The van der Waals surface area contributed by atoms with Crippen LogP contribution < -0.4 is 0 Å². The SMILES string of the molecule is CCc1ccc([C@@H](O)C(=O)O[C@@H]2CCC(F)(F)C2)cc1. The Hall–Kier alpha value is -1.49. The van der Waals surface area contributed by atoms with E-state index in [9.17, 15) is 18.7 Å². The lowest BCUT2D eigenvalue weighted by molar-refractivity contribution is -0.160. The zero-order valence-electron chi connectivity index (χ0n) is 11.3. The van der Waals surface area contributed by atoms with Gasteiger partial charge in [-0.15, -0.1) is 0 Å². The van der Waals surface area contributed by atoms with Gasteiger partial charge in [-0.3, -0.25) is 0 Å². The Morgan fingerprint density at radius 1 is 1.45 bits per heavy atom. The van der Waals surface area contributed by atoms with Gasteiger partial charge in [-0.05, 0) is 24.0 Å². The van der Waals surface area contributed by atoms with E-state index >= 15 is 0 Å². The molecule has 3 nitrogen and oxygen atoms in total. The van der Waals surface area contributed by atoms with Gasteiger partial charge in [0, 0.05) is 12.8 Å². The number of benzene rings is 1. The maximum absolute atomic E-state index is 13.0. The Morgan fingerprint density at radius 2 is 2.10 bits per heavy atom. The molecule has 1 saturated carbocycles. The fourth-order valence-electron chi connectivity index (χ4n) is 2.31. The van der Waals surface area contributed by atoms with Crippen molar-refractivity contribution < 1.29 is 23.4 Å². The molecule has 110 valence electrons. The van der Waals surface area contributed by atoms with Gasteiger partial charge in [0.05, 0.1) is 0 Å². The number of ether oxygens (including phenoxy) is 1. The fraction of sp³-hybridized carbons (Fsp3) is 0.533. The van der Waals surface area contributed by atoms with Crippen molar-refractivity contribution in [3.05, 3.63) is 35.4 Å². The molecule has 2 rings (SSSR count). The average molecular weight is 284 g/mol. The molecule has 1 aliphatic rings. The van der Waals surface area contributed by atoms with E-state index in [-0.39, 0.29) is 12.8 Å². The highest BCUT2D eigenvalue weighted by Crippen LogP contribution is 2.36. The van der Waals surface area contributed by atoms with E-state index in [0.29, 0.717) is 5.56 Å². The zero-order valence-corrected chi connectivity index (χ0v) is 11.3. The van der Waals surface area contributed by atoms with Gasteiger partial charge in [0.25, 0.3) is 5.92 Å². The normalized spacial score (nSPS) is 22.5.